The molecule has 2 aliphatic rings. The summed E-state index contributed by atoms with van der Waals surface area (Å²) < 4.78 is 153. The summed E-state index contributed by atoms with van der Waals surface area (Å²) in [4.78, 5) is 69.6. The zero-order valence-electron chi connectivity index (χ0n) is 66.4. The predicted octanol–water partition coefficient (Wildman–Crippen LogP) is 14.1. The molecule has 0 spiro atoms. The van der Waals surface area contributed by atoms with E-state index in [0.717, 1.165) is 77.7 Å². The first-order valence-electron chi connectivity index (χ1n) is 38.8. The molecule has 0 radical (unpaired) electrons. The molecule has 612 valence electrons. The normalized spacial score (nSPS) is 13.5. The molecule has 17 rings (SSSR count). The van der Waals surface area contributed by atoms with Crippen LogP contribution < -0.4 is 45.5 Å². The van der Waals surface area contributed by atoms with E-state index in [-0.39, 0.29) is 79.0 Å². The van der Waals surface area contributed by atoms with Crippen LogP contribution in [0.15, 0.2) is 274 Å². The van der Waals surface area contributed by atoms with E-state index < -0.39 is 144 Å². The van der Waals surface area contributed by atoms with Gasteiger partial charge in [-0.3, -0.25) is 0 Å². The Morgan fingerprint density at radius 2 is 0.475 bits per heavy atom. The van der Waals surface area contributed by atoms with Crippen LogP contribution in [0.3, 0.4) is 0 Å². The summed E-state index contributed by atoms with van der Waals surface area (Å²) in [6.07, 6.45) is 0. The number of fused-ring (bicyclic) bond motifs is 2. The SMILES string of the molecule is CC(C)c1cccc(C(C)C)c1N1C(=O)c2cc([Se]c3ccccc3-c3ccccc3)c3c4c([Se]c5ccccc5-c5ccccc5)cc5c6c(cc([Se]c7ccc(S(=O)(=O)O)cc7-c7ccc(S(=O)(=O)O)cc7)c(c7c([Se]c8ccc(S(=O)(=O)O)cc8-c8ccc(S(=O)(=O)O)cc8)cc(c2c37)C1=O)c64)C(=O)N(c1c(C(C)C)cccc1C(C)C)C5=O. The zero-order valence-corrected chi connectivity index (χ0v) is 76.5. The van der Waals surface area contributed by atoms with Crippen LogP contribution in [-0.2, 0) is 40.5 Å². The second kappa shape index (κ2) is 32.0. The van der Waals surface area contributed by atoms with Crippen molar-refractivity contribution in [1.29, 1.82) is 0 Å². The van der Waals surface area contributed by atoms with Gasteiger partial charge in [0, 0.05) is 0 Å². The van der Waals surface area contributed by atoms with Crippen LogP contribution in [0.25, 0.3) is 87.6 Å². The minimum atomic E-state index is -5.00. The first-order chi connectivity index (χ1) is 58.0. The van der Waals surface area contributed by atoms with Gasteiger partial charge in [0.25, 0.3) is 0 Å². The summed E-state index contributed by atoms with van der Waals surface area (Å²) >= 11 is -4.20. The Bertz CT molecular complexity index is 6980. The summed E-state index contributed by atoms with van der Waals surface area (Å²) in [5, 5.41) is 3.45. The number of carbonyl (C=O) groups excluding carboxylic acids is 4. The Labute approximate surface area is 730 Å². The molecular weight excluding hydrogens is 1880 g/mol. The van der Waals surface area contributed by atoms with Crippen molar-refractivity contribution in [2.24, 2.45) is 0 Å². The molecule has 2 aliphatic heterocycles. The number of nitrogens with zero attached hydrogens (tertiary/aromatic N) is 2. The number of anilines is 2. The monoisotopic (exact) mass is 1960 g/mol. The average Bonchev–Trinajstić information content (AvgIpc) is 0.667. The Morgan fingerprint density at radius 1 is 0.230 bits per heavy atom. The van der Waals surface area contributed by atoms with E-state index >= 15 is 19.2 Å². The molecule has 0 unspecified atom stereocenters. The van der Waals surface area contributed by atoms with Gasteiger partial charge in [-0.1, -0.05) is 0 Å². The fourth-order valence-corrected chi connectivity index (χ4v) is 28.3. The van der Waals surface area contributed by atoms with Crippen LogP contribution in [-0.4, -0.2) is 135 Å². The summed E-state index contributed by atoms with van der Waals surface area (Å²) in [5.41, 5.74) is 8.65. The van der Waals surface area contributed by atoms with Crippen LogP contribution in [0.2, 0.25) is 0 Å². The molecule has 4 N–H and O–H groups in total. The molecule has 0 fully saturated rings. The number of benzene rings is 15. The standard InChI is InChI=1S/C96H74N2O16S4Se4/c1-51(2)63-27-19-28-64(52(3)4)91(63)97-93(99)71-47-79(119-75-31-17-15-25-67(75)55-21-11-9-12-22-55)85-86-80(120-76-32-18-16-26-68(76)56-23-13-10-14-24-56)48-72-84-74(96(102)98(94(72)100)92-65(53(5)6)29-20-30-66(92)54(7)8)50-82(122-78-44-42-62(118(112,113)114)46-70(78)58-35-39-60(40-36-58)116(106,107)108)88(90(84)86)87-81(49-73(95(97)101)83(71)89(85)87)121-77-43-41-61(117(109,110)111)45-69(77)57-33-37-59(38-34-57)115(103,104)105/h9-54H,1-8H3,(H,103,104,105)(H,106,107,108)(H,109,110,111)(H,112,113,114). The van der Waals surface area contributed by atoms with Gasteiger partial charge >= 0.3 is 737 Å². The van der Waals surface area contributed by atoms with Crippen molar-refractivity contribution >= 4 is 214 Å². The van der Waals surface area contributed by atoms with Gasteiger partial charge in [0.2, 0.25) is 0 Å². The fraction of sp³-hybridized carbons (Fsp3) is 0.125. The molecule has 122 heavy (non-hydrogen) atoms. The van der Waals surface area contributed by atoms with E-state index in [0.29, 0.717) is 70.5 Å². The Hall–Kier alpha value is -10.4. The maximum absolute atomic E-state index is 17.3. The van der Waals surface area contributed by atoms with E-state index in [1.54, 1.807) is 12.1 Å². The number of hydrogen-bond donors (Lipinski definition) is 4. The molecule has 26 heteroatoms. The third kappa shape index (κ3) is 15.0. The second-order valence-corrected chi connectivity index (χ2v) is 45.9. The van der Waals surface area contributed by atoms with E-state index in [1.165, 1.54) is 70.5 Å². The first kappa shape index (κ1) is 83.8. The molecule has 0 aromatic heterocycles. The fourth-order valence-electron chi connectivity index (χ4n) is 16.7. The van der Waals surface area contributed by atoms with Crippen molar-refractivity contribution < 1.29 is 71.1 Å². The summed E-state index contributed by atoms with van der Waals surface area (Å²) in [5.74, 6) is -3.52. The van der Waals surface area contributed by atoms with Gasteiger partial charge in [-0.15, -0.1) is 0 Å². The number of carbonyl (C=O) groups is 4. The topological polar surface area (TPSA) is 292 Å². The quantitative estimate of drug-likeness (QED) is 0.0161. The third-order valence-electron chi connectivity index (χ3n) is 22.3. The van der Waals surface area contributed by atoms with Crippen LogP contribution in [0.5, 0.6) is 0 Å². The van der Waals surface area contributed by atoms with Gasteiger partial charge in [-0.2, -0.15) is 0 Å². The van der Waals surface area contributed by atoms with Crippen molar-refractivity contribution in [2.75, 3.05) is 9.80 Å². The summed E-state index contributed by atoms with van der Waals surface area (Å²) in [6.45, 7) is 16.0. The van der Waals surface area contributed by atoms with Crippen LogP contribution in [0, 0.1) is 0 Å². The number of para-hydroxylation sites is 2. The van der Waals surface area contributed by atoms with Gasteiger partial charge in [0.05, 0.1) is 0 Å². The van der Waals surface area contributed by atoms with E-state index in [2.05, 4.69) is 12.1 Å². The van der Waals surface area contributed by atoms with Gasteiger partial charge in [-0.25, -0.2) is 0 Å². The number of rotatable bonds is 22. The van der Waals surface area contributed by atoms with Crippen LogP contribution in [0.1, 0.15) is 143 Å². The zero-order chi connectivity index (χ0) is 86.2. The van der Waals surface area contributed by atoms with Gasteiger partial charge < -0.3 is 0 Å². The van der Waals surface area contributed by atoms with Crippen molar-refractivity contribution in [3.05, 3.63) is 299 Å². The Kier molecular flexibility index (Phi) is 22.0. The summed E-state index contributed by atoms with van der Waals surface area (Å²) in [6, 6.07) is 72.9. The molecule has 0 atom stereocenters. The maximum atomic E-state index is 17.3. The van der Waals surface area contributed by atoms with Gasteiger partial charge in [0.1, 0.15) is 0 Å². The molecule has 15 aromatic rings. The Morgan fingerprint density at radius 3 is 0.746 bits per heavy atom. The number of imide groups is 2. The molecule has 15 aromatic carbocycles. The minimum absolute atomic E-state index is 0.104. The van der Waals surface area contributed by atoms with E-state index in [9.17, 15) is 51.9 Å². The molecule has 2 heterocycles. The van der Waals surface area contributed by atoms with Gasteiger partial charge in [0.15, 0.2) is 0 Å². The molecule has 0 saturated heterocycles. The van der Waals surface area contributed by atoms with Crippen molar-refractivity contribution in [1.82, 2.24) is 0 Å². The molecule has 0 aliphatic carbocycles. The molecular formula is C96H74N2O16S4Se4. The van der Waals surface area contributed by atoms with Gasteiger partial charge in [-0.05, 0) is 0 Å². The van der Waals surface area contributed by atoms with Crippen molar-refractivity contribution in [2.45, 2.75) is 98.6 Å². The van der Waals surface area contributed by atoms with Crippen molar-refractivity contribution in [3.8, 4) is 44.5 Å². The Balaban J connectivity index is 1.13. The van der Waals surface area contributed by atoms with Crippen molar-refractivity contribution in [3.63, 3.8) is 0 Å². The number of amides is 4. The summed E-state index contributed by atoms with van der Waals surface area (Å²) in [7, 11) is -19.6. The molecule has 0 saturated carbocycles. The average molecular weight is 1960 g/mol. The van der Waals surface area contributed by atoms with Crippen LogP contribution in [0.4, 0.5) is 11.4 Å². The van der Waals surface area contributed by atoms with E-state index in [1.807, 2.05) is 201 Å². The van der Waals surface area contributed by atoms with E-state index in [4.69, 9.17) is 0 Å². The predicted molar refractivity (Wildman–Crippen MR) is 486 cm³/mol. The third-order valence-corrected chi connectivity index (χ3v) is 35.1. The molecule has 18 nitrogen and oxygen atoms in total. The second-order valence-electron chi connectivity index (χ2n) is 31.2. The number of hydrogen-bond acceptors (Lipinski definition) is 12. The van der Waals surface area contributed by atoms with Crippen LogP contribution >= 0.6 is 0 Å². The molecule has 0 bridgehead atoms. The first-order valence-corrected chi connectivity index (χ1v) is 51.4. The molecule has 4 amide bonds.